The molecule has 202 valence electrons. The smallest absolute Gasteiger partial charge is 0.270 e. The fraction of sp³-hybridized carbons (Fsp3) is 0.214. The first kappa shape index (κ1) is 25.2. The number of carbonyl (C=O) groups excluding carboxylic acids is 2. The maximum Gasteiger partial charge on any atom is 0.270 e. The number of hydrogen-bond acceptors (Lipinski definition) is 8. The van der Waals surface area contributed by atoms with E-state index in [1.165, 1.54) is 23.0 Å². The summed E-state index contributed by atoms with van der Waals surface area (Å²) in [7, 11) is 0. The average Bonchev–Trinajstić information content (AvgIpc) is 3.69. The standard InChI is InChI=1S/C28H25FN8O3/c1-14-10-17(4-8-21(14)29)12-30-26(38)23-11-24(37-28(35-23)31-13-32-37)27(39)34-22-9-7-18-15(2)19(5-6-20(18)22)25-33-16(3)40-36-25/h4-6,8,10-11,13,22H,3,7,9,12H2,1-2H3,(H,30,38)(H,33,36)(H,34,39)/t22-/m0/s1. The number of rotatable bonds is 6. The van der Waals surface area contributed by atoms with E-state index in [0.717, 1.165) is 34.2 Å². The number of nitrogens with zero attached hydrogens (tertiary/aromatic N) is 5. The molecule has 2 aromatic carbocycles. The van der Waals surface area contributed by atoms with E-state index in [9.17, 15) is 14.0 Å². The monoisotopic (exact) mass is 540 g/mol. The topological polar surface area (TPSA) is 135 Å². The van der Waals surface area contributed by atoms with Gasteiger partial charge in [-0.2, -0.15) is 14.6 Å². The molecule has 0 saturated heterocycles. The van der Waals surface area contributed by atoms with E-state index in [0.29, 0.717) is 23.7 Å². The lowest BCUT2D eigenvalue weighted by Crippen LogP contribution is -2.31. The van der Waals surface area contributed by atoms with E-state index in [4.69, 9.17) is 4.84 Å². The summed E-state index contributed by atoms with van der Waals surface area (Å²) in [5.74, 6) is -0.125. The molecule has 0 saturated carbocycles. The summed E-state index contributed by atoms with van der Waals surface area (Å²) in [5, 5.41) is 17.0. The molecule has 40 heavy (non-hydrogen) atoms. The number of oxime groups is 1. The van der Waals surface area contributed by atoms with Crippen LogP contribution < -0.4 is 16.0 Å². The number of aryl methyl sites for hydroxylation is 1. The highest BCUT2D eigenvalue weighted by Gasteiger charge is 2.29. The second-order valence-corrected chi connectivity index (χ2v) is 9.71. The van der Waals surface area contributed by atoms with Crippen molar-refractivity contribution < 1.29 is 18.8 Å². The molecular weight excluding hydrogens is 515 g/mol. The van der Waals surface area contributed by atoms with Crippen molar-refractivity contribution in [1.29, 1.82) is 0 Å². The molecule has 2 amide bonds. The predicted octanol–water partition coefficient (Wildman–Crippen LogP) is 2.98. The van der Waals surface area contributed by atoms with Gasteiger partial charge >= 0.3 is 0 Å². The van der Waals surface area contributed by atoms with Gasteiger partial charge in [-0.15, -0.1) is 0 Å². The third kappa shape index (κ3) is 4.53. The Kier molecular flexibility index (Phi) is 6.21. The van der Waals surface area contributed by atoms with Crippen LogP contribution >= 0.6 is 0 Å². The Morgan fingerprint density at radius 2 is 2.05 bits per heavy atom. The first-order valence-corrected chi connectivity index (χ1v) is 12.7. The lowest BCUT2D eigenvalue weighted by molar-refractivity contribution is 0.0929. The molecule has 2 aliphatic rings. The van der Waals surface area contributed by atoms with Gasteiger partial charge in [0.2, 0.25) is 5.88 Å². The van der Waals surface area contributed by atoms with Gasteiger partial charge in [-0.25, -0.2) is 9.37 Å². The lowest BCUT2D eigenvalue weighted by atomic mass is 9.97. The van der Waals surface area contributed by atoms with Crippen LogP contribution in [-0.4, -0.2) is 37.2 Å². The highest BCUT2D eigenvalue weighted by Crippen LogP contribution is 2.35. The minimum absolute atomic E-state index is 0.0189. The number of aromatic nitrogens is 4. The zero-order valence-electron chi connectivity index (χ0n) is 21.8. The summed E-state index contributed by atoms with van der Waals surface area (Å²) in [6.45, 7) is 7.56. The van der Waals surface area contributed by atoms with Gasteiger partial charge in [0, 0.05) is 18.2 Å². The first-order chi connectivity index (χ1) is 19.3. The van der Waals surface area contributed by atoms with Gasteiger partial charge in [0.1, 0.15) is 23.5 Å². The molecule has 0 bridgehead atoms. The van der Waals surface area contributed by atoms with Crippen molar-refractivity contribution in [3.8, 4) is 0 Å². The molecule has 1 aliphatic heterocycles. The first-order valence-electron chi connectivity index (χ1n) is 12.7. The quantitative estimate of drug-likeness (QED) is 0.342. The number of nitrogens with one attached hydrogen (secondary N) is 3. The van der Waals surface area contributed by atoms with Gasteiger partial charge < -0.3 is 20.8 Å². The van der Waals surface area contributed by atoms with Crippen molar-refractivity contribution in [2.24, 2.45) is 5.16 Å². The molecule has 3 heterocycles. The van der Waals surface area contributed by atoms with Crippen LogP contribution in [0.1, 0.15) is 66.8 Å². The van der Waals surface area contributed by atoms with Gasteiger partial charge in [0.05, 0.1) is 6.04 Å². The van der Waals surface area contributed by atoms with Crippen molar-refractivity contribution in [3.63, 3.8) is 0 Å². The summed E-state index contributed by atoms with van der Waals surface area (Å²) < 4.78 is 14.9. The van der Waals surface area contributed by atoms with E-state index < -0.39 is 11.8 Å². The summed E-state index contributed by atoms with van der Waals surface area (Å²) in [6.07, 6.45) is 2.77. The third-order valence-electron chi connectivity index (χ3n) is 7.15. The predicted molar refractivity (Wildman–Crippen MR) is 143 cm³/mol. The average molecular weight is 541 g/mol. The van der Waals surface area contributed by atoms with Crippen LogP contribution in [0.15, 0.2) is 60.3 Å². The molecule has 3 N–H and O–H groups in total. The zero-order valence-corrected chi connectivity index (χ0v) is 21.8. The summed E-state index contributed by atoms with van der Waals surface area (Å²) in [6, 6.07) is 9.70. The number of carbonyl (C=O) groups is 2. The van der Waals surface area contributed by atoms with E-state index in [-0.39, 0.29) is 35.6 Å². The van der Waals surface area contributed by atoms with Crippen LogP contribution in [0.4, 0.5) is 4.39 Å². The van der Waals surface area contributed by atoms with Gasteiger partial charge in [-0.05, 0) is 67.2 Å². The molecule has 0 fully saturated rings. The van der Waals surface area contributed by atoms with Gasteiger partial charge in [0.25, 0.3) is 17.6 Å². The lowest BCUT2D eigenvalue weighted by Gasteiger charge is -2.16. The molecule has 12 heteroatoms. The molecule has 11 nitrogen and oxygen atoms in total. The summed E-state index contributed by atoms with van der Waals surface area (Å²) >= 11 is 0. The fourth-order valence-corrected chi connectivity index (χ4v) is 5.09. The van der Waals surface area contributed by atoms with Crippen LogP contribution in [0.2, 0.25) is 0 Å². The van der Waals surface area contributed by atoms with Gasteiger partial charge in [0.15, 0.2) is 5.84 Å². The molecule has 2 aromatic heterocycles. The van der Waals surface area contributed by atoms with Crippen molar-refractivity contribution in [3.05, 3.63) is 106 Å². The van der Waals surface area contributed by atoms with Crippen LogP contribution in [0.3, 0.4) is 0 Å². The molecule has 0 radical (unpaired) electrons. The van der Waals surface area contributed by atoms with Gasteiger partial charge in [-0.1, -0.05) is 29.4 Å². The molecular formula is C28H25FN8O3. The highest BCUT2D eigenvalue weighted by atomic mass is 19.1. The van der Waals surface area contributed by atoms with Gasteiger partial charge in [-0.3, -0.25) is 9.59 Å². The van der Waals surface area contributed by atoms with Crippen LogP contribution in [0.25, 0.3) is 5.78 Å². The zero-order chi connectivity index (χ0) is 28.0. The molecule has 0 unspecified atom stereocenters. The number of halogens is 1. The summed E-state index contributed by atoms with van der Waals surface area (Å²) in [5.41, 5.74) is 5.49. The Morgan fingerprint density at radius 1 is 1.20 bits per heavy atom. The Bertz CT molecular complexity index is 1750. The Labute approximate surface area is 228 Å². The molecule has 1 atom stereocenters. The SMILES string of the molecule is C=C1NC(c2ccc3c(c2C)CC[C@@H]3NC(=O)c2cc(C(=O)NCc3ccc(F)c(C)c3)nc3ncnn23)=NO1. The Hall–Kier alpha value is -5.13. The molecule has 4 aromatic rings. The van der Waals surface area contributed by atoms with E-state index in [2.05, 4.69) is 42.8 Å². The van der Waals surface area contributed by atoms with E-state index in [1.54, 1.807) is 19.1 Å². The number of benzene rings is 2. The summed E-state index contributed by atoms with van der Waals surface area (Å²) in [4.78, 5) is 39.9. The Balaban J connectivity index is 1.22. The largest absolute Gasteiger partial charge is 0.347 e. The minimum Gasteiger partial charge on any atom is -0.347 e. The van der Waals surface area contributed by atoms with Crippen molar-refractivity contribution in [2.45, 2.75) is 39.3 Å². The molecule has 1 aliphatic carbocycles. The van der Waals surface area contributed by atoms with Crippen molar-refractivity contribution in [2.75, 3.05) is 0 Å². The highest BCUT2D eigenvalue weighted by molar-refractivity contribution is 6.02. The van der Waals surface area contributed by atoms with Crippen LogP contribution in [0, 0.1) is 19.7 Å². The maximum atomic E-state index is 13.6. The normalized spacial score (nSPS) is 15.8. The molecule has 6 rings (SSSR count). The second-order valence-electron chi connectivity index (χ2n) is 9.71. The van der Waals surface area contributed by atoms with E-state index in [1.807, 2.05) is 19.1 Å². The third-order valence-corrected chi connectivity index (χ3v) is 7.15. The maximum absolute atomic E-state index is 13.6. The van der Waals surface area contributed by atoms with E-state index >= 15 is 0 Å². The fourth-order valence-electron chi connectivity index (χ4n) is 5.09. The van der Waals surface area contributed by atoms with Crippen LogP contribution in [0.5, 0.6) is 0 Å². The van der Waals surface area contributed by atoms with Crippen molar-refractivity contribution >= 4 is 23.4 Å². The second kappa shape index (κ2) is 9.88. The number of amidine groups is 1. The number of hydrogen-bond donors (Lipinski definition) is 3. The molecule has 0 spiro atoms. The number of amides is 2. The van der Waals surface area contributed by atoms with Crippen molar-refractivity contribution in [1.82, 2.24) is 35.5 Å². The minimum atomic E-state index is -0.494. The Morgan fingerprint density at radius 3 is 2.83 bits per heavy atom. The number of fused-ring (bicyclic) bond motifs is 2. The van der Waals surface area contributed by atoms with Crippen LogP contribution in [-0.2, 0) is 17.8 Å².